The Kier molecular flexibility index (Phi) is 10.5. The van der Waals surface area contributed by atoms with Crippen molar-refractivity contribution < 1.29 is 4.52 Å². The van der Waals surface area contributed by atoms with E-state index in [4.69, 9.17) is 0 Å². The Morgan fingerprint density at radius 2 is 1.43 bits per heavy atom. The highest BCUT2D eigenvalue weighted by Crippen LogP contribution is 2.19. The molecular formula is C23H37N3O2. The molecule has 1 heterocycles. The summed E-state index contributed by atoms with van der Waals surface area (Å²) >= 11 is 0. The Hall–Kier alpha value is -2.04. The fraction of sp³-hybridized carbons (Fsp3) is 0.652. The third-order valence-corrected chi connectivity index (χ3v) is 5.22. The Labute approximate surface area is 169 Å². The highest BCUT2D eigenvalue weighted by Gasteiger charge is 2.08. The van der Waals surface area contributed by atoms with E-state index in [1.807, 2.05) is 0 Å². The fourth-order valence-electron chi connectivity index (χ4n) is 3.54. The van der Waals surface area contributed by atoms with Crippen molar-refractivity contribution in [2.24, 2.45) is 0 Å². The number of nitrogens with one attached hydrogen (secondary N) is 1. The molecule has 2 rings (SSSR count). The molecule has 0 aliphatic rings. The van der Waals surface area contributed by atoms with Crippen LogP contribution in [0.2, 0.25) is 0 Å². The fourth-order valence-corrected chi connectivity index (χ4v) is 3.54. The minimum Gasteiger partial charge on any atom is -0.372 e. The molecule has 0 radical (unpaired) electrons. The number of hydrogen-bond acceptors (Lipinski definition) is 4. The lowest BCUT2D eigenvalue weighted by atomic mass is 10.1. The third-order valence-electron chi connectivity index (χ3n) is 5.22. The first-order chi connectivity index (χ1) is 13.7. The van der Waals surface area contributed by atoms with E-state index in [9.17, 15) is 4.79 Å². The van der Waals surface area contributed by atoms with E-state index in [1.54, 1.807) is 0 Å². The van der Waals surface area contributed by atoms with Gasteiger partial charge in [-0.2, -0.15) is 0 Å². The van der Waals surface area contributed by atoms with Gasteiger partial charge in [0.2, 0.25) is 0 Å². The molecule has 0 saturated carbocycles. The van der Waals surface area contributed by atoms with Crippen molar-refractivity contribution in [1.29, 1.82) is 0 Å². The van der Waals surface area contributed by atoms with Gasteiger partial charge < -0.3 is 4.90 Å². The number of unbranched alkanes of at least 4 members (excludes halogenated alkanes) is 8. The summed E-state index contributed by atoms with van der Waals surface area (Å²) in [5, 5.41) is 3.75. The molecule has 0 aliphatic carbocycles. The molecule has 0 aliphatic heterocycles. The van der Waals surface area contributed by atoms with Crippen LogP contribution >= 0.6 is 0 Å². The molecule has 0 atom stereocenters. The molecule has 0 saturated heterocycles. The van der Waals surface area contributed by atoms with Gasteiger partial charge in [0.1, 0.15) is 0 Å². The number of rotatable bonds is 15. The van der Waals surface area contributed by atoms with Crippen molar-refractivity contribution in [3.8, 4) is 0 Å². The lowest BCUT2D eigenvalue weighted by molar-refractivity contribution is 0.382. The maximum Gasteiger partial charge on any atom is 0.438 e. The average molecular weight is 388 g/mol. The Morgan fingerprint density at radius 1 is 0.857 bits per heavy atom. The van der Waals surface area contributed by atoms with Gasteiger partial charge in [0.15, 0.2) is 5.82 Å². The highest BCUT2D eigenvalue weighted by atomic mass is 16.5. The quantitative estimate of drug-likeness (QED) is 0.398. The normalized spacial score (nSPS) is 11.1. The van der Waals surface area contributed by atoms with Crippen LogP contribution in [0.5, 0.6) is 0 Å². The summed E-state index contributed by atoms with van der Waals surface area (Å²) in [6, 6.07) is 8.66. The van der Waals surface area contributed by atoms with Crippen LogP contribution in [-0.4, -0.2) is 23.2 Å². The highest BCUT2D eigenvalue weighted by molar-refractivity contribution is 5.47. The van der Waals surface area contributed by atoms with Crippen LogP contribution in [0.25, 0.3) is 0 Å². The molecular weight excluding hydrogens is 350 g/mol. The van der Waals surface area contributed by atoms with Gasteiger partial charge in [-0.1, -0.05) is 82.5 Å². The van der Waals surface area contributed by atoms with Crippen molar-refractivity contribution >= 4 is 5.69 Å². The number of aromatic amines is 1. The predicted molar refractivity (Wildman–Crippen MR) is 116 cm³/mol. The predicted octanol–water partition coefficient (Wildman–Crippen LogP) is 5.70. The molecule has 156 valence electrons. The van der Waals surface area contributed by atoms with Gasteiger partial charge in [-0.25, -0.2) is 4.79 Å². The van der Waals surface area contributed by atoms with Crippen molar-refractivity contribution in [1.82, 2.24) is 10.1 Å². The van der Waals surface area contributed by atoms with E-state index in [-0.39, 0.29) is 0 Å². The molecule has 0 bridgehead atoms. The second-order valence-electron chi connectivity index (χ2n) is 7.70. The van der Waals surface area contributed by atoms with E-state index in [0.29, 0.717) is 12.2 Å². The lowest BCUT2D eigenvalue weighted by Crippen LogP contribution is -2.25. The smallest absolute Gasteiger partial charge is 0.372 e. The summed E-state index contributed by atoms with van der Waals surface area (Å²) in [4.78, 5) is 16.2. The molecule has 1 N–H and O–H groups in total. The summed E-state index contributed by atoms with van der Waals surface area (Å²) in [5.74, 6) is 0.0744. The zero-order valence-electron chi connectivity index (χ0n) is 17.7. The van der Waals surface area contributed by atoms with Crippen LogP contribution in [0.15, 0.2) is 33.6 Å². The molecule has 0 fully saturated rings. The van der Waals surface area contributed by atoms with E-state index < -0.39 is 5.76 Å². The first-order valence-corrected chi connectivity index (χ1v) is 11.1. The van der Waals surface area contributed by atoms with Crippen LogP contribution in [-0.2, 0) is 6.42 Å². The number of aromatic nitrogens is 2. The van der Waals surface area contributed by atoms with Crippen LogP contribution in [0.3, 0.4) is 0 Å². The number of H-pyrrole nitrogens is 1. The van der Waals surface area contributed by atoms with Gasteiger partial charge in [-0.3, -0.25) is 9.51 Å². The van der Waals surface area contributed by atoms with Crippen molar-refractivity contribution in [3.63, 3.8) is 0 Å². The van der Waals surface area contributed by atoms with E-state index in [2.05, 4.69) is 57.7 Å². The molecule has 0 spiro atoms. The van der Waals surface area contributed by atoms with Crippen molar-refractivity contribution in [2.45, 2.75) is 84.5 Å². The topological polar surface area (TPSA) is 62.1 Å². The summed E-state index contributed by atoms with van der Waals surface area (Å²) in [6.45, 7) is 6.79. The first kappa shape index (κ1) is 22.3. The Balaban J connectivity index is 1.90. The number of nitrogens with zero attached hydrogens (tertiary/aromatic N) is 2. The largest absolute Gasteiger partial charge is 0.438 e. The van der Waals surface area contributed by atoms with Gasteiger partial charge >= 0.3 is 5.76 Å². The molecule has 28 heavy (non-hydrogen) atoms. The molecule has 0 unspecified atom stereocenters. The first-order valence-electron chi connectivity index (χ1n) is 11.1. The van der Waals surface area contributed by atoms with E-state index in [1.165, 1.54) is 69.9 Å². The molecule has 0 amide bonds. The third kappa shape index (κ3) is 8.32. The number of benzene rings is 1. The van der Waals surface area contributed by atoms with Crippen LogP contribution in [0, 0.1) is 0 Å². The van der Waals surface area contributed by atoms with Gasteiger partial charge in [-0.15, -0.1) is 0 Å². The van der Waals surface area contributed by atoms with Gasteiger partial charge in [0, 0.05) is 25.2 Å². The molecule has 5 nitrogen and oxygen atoms in total. The standard InChI is InChI=1S/C23H37N3O2/c1-3-5-7-9-11-17-26(18-12-10-8-6-4-2)21-15-13-20(14-16-21)19-22-24-23(27)28-25-22/h13-16H,3-12,17-19H2,1-2H3,(H,24,25,27). The molecule has 2 aromatic rings. The second-order valence-corrected chi connectivity index (χ2v) is 7.70. The summed E-state index contributed by atoms with van der Waals surface area (Å²) in [5.41, 5.74) is 2.42. The van der Waals surface area contributed by atoms with Gasteiger partial charge in [-0.05, 0) is 30.5 Å². The average Bonchev–Trinajstić information content (AvgIpc) is 3.11. The lowest BCUT2D eigenvalue weighted by Gasteiger charge is -2.25. The number of hydrogen-bond donors (Lipinski definition) is 1. The monoisotopic (exact) mass is 387 g/mol. The Bertz CT molecular complexity index is 676. The van der Waals surface area contributed by atoms with E-state index >= 15 is 0 Å². The summed E-state index contributed by atoms with van der Waals surface area (Å²) in [6.07, 6.45) is 13.7. The second kappa shape index (κ2) is 13.2. The summed E-state index contributed by atoms with van der Waals surface area (Å²) < 4.78 is 4.57. The SMILES string of the molecule is CCCCCCCN(CCCCCCC)c1ccc(Cc2noc(=O)[nH]2)cc1. The number of anilines is 1. The maximum atomic E-state index is 11.1. The zero-order valence-corrected chi connectivity index (χ0v) is 17.7. The Morgan fingerprint density at radius 3 is 1.93 bits per heavy atom. The zero-order chi connectivity index (χ0) is 20.0. The molecule has 1 aromatic heterocycles. The maximum absolute atomic E-state index is 11.1. The van der Waals surface area contributed by atoms with Crippen molar-refractivity contribution in [3.05, 3.63) is 46.2 Å². The van der Waals surface area contributed by atoms with Crippen LogP contribution in [0.1, 0.15) is 89.4 Å². The summed E-state index contributed by atoms with van der Waals surface area (Å²) in [7, 11) is 0. The molecule has 1 aromatic carbocycles. The van der Waals surface area contributed by atoms with Gasteiger partial charge in [0.25, 0.3) is 0 Å². The van der Waals surface area contributed by atoms with E-state index in [0.717, 1.165) is 18.7 Å². The van der Waals surface area contributed by atoms with Gasteiger partial charge in [0.05, 0.1) is 0 Å². The van der Waals surface area contributed by atoms with Crippen LogP contribution in [0.4, 0.5) is 5.69 Å². The van der Waals surface area contributed by atoms with Crippen molar-refractivity contribution in [2.75, 3.05) is 18.0 Å². The molecule has 5 heteroatoms. The van der Waals surface area contributed by atoms with Crippen LogP contribution < -0.4 is 10.7 Å². The minimum absolute atomic E-state index is 0.496. The minimum atomic E-state index is -0.496.